The Morgan fingerprint density at radius 1 is 1.58 bits per heavy atom. The van der Waals surface area contributed by atoms with Crippen LogP contribution in [0.2, 0.25) is 0 Å². The highest BCUT2D eigenvalue weighted by Crippen LogP contribution is 2.17. The van der Waals surface area contributed by atoms with Crippen LogP contribution in [-0.2, 0) is 0 Å². The summed E-state index contributed by atoms with van der Waals surface area (Å²) in [7, 11) is 0. The molecule has 0 radical (unpaired) electrons. The van der Waals surface area contributed by atoms with Gasteiger partial charge in [-0.2, -0.15) is 0 Å². The molecule has 0 atom stereocenters. The first-order chi connectivity index (χ1) is 5.74. The number of hydrogen-bond donors (Lipinski definition) is 0. The molecular weight excluding hydrogens is 148 g/mol. The fraction of sp³-hybridized carbons (Fsp3) is 0.200. The molecule has 0 spiro atoms. The summed E-state index contributed by atoms with van der Waals surface area (Å²) in [6, 6.07) is 3.75. The van der Waals surface area contributed by atoms with Gasteiger partial charge in [0.15, 0.2) is 0 Å². The van der Waals surface area contributed by atoms with Gasteiger partial charge in [0.2, 0.25) is 0 Å². The molecule has 2 heteroatoms. The molecule has 0 aliphatic carbocycles. The van der Waals surface area contributed by atoms with E-state index in [1.165, 1.54) is 5.57 Å². The monoisotopic (exact) mass is 160 g/mol. The van der Waals surface area contributed by atoms with Crippen LogP contribution in [-0.4, -0.2) is 11.7 Å². The second-order valence-corrected chi connectivity index (χ2v) is 2.79. The van der Waals surface area contributed by atoms with Gasteiger partial charge in [0, 0.05) is 6.20 Å². The van der Waals surface area contributed by atoms with Crippen molar-refractivity contribution in [1.29, 1.82) is 0 Å². The molecule has 0 aromatic carbocycles. The minimum absolute atomic E-state index is 0.832. The number of pyridine rings is 1. The Morgan fingerprint density at radius 2 is 2.33 bits per heavy atom. The minimum Gasteiger partial charge on any atom is -0.262 e. The third kappa shape index (κ3) is 2.02. The molecule has 0 fully saturated rings. The molecule has 0 saturated heterocycles. The Morgan fingerprint density at radius 3 is 2.92 bits per heavy atom. The van der Waals surface area contributed by atoms with E-state index in [9.17, 15) is 0 Å². The fourth-order valence-electron chi connectivity index (χ4n) is 0.927. The largest absolute Gasteiger partial charge is 0.262 e. The molecule has 0 N–H and O–H groups in total. The van der Waals surface area contributed by atoms with Crippen LogP contribution in [0.5, 0.6) is 0 Å². The second kappa shape index (κ2) is 3.81. The van der Waals surface area contributed by atoms with E-state index in [2.05, 4.69) is 16.7 Å². The lowest BCUT2D eigenvalue weighted by Gasteiger charge is -1.97. The predicted octanol–water partition coefficient (Wildman–Crippen LogP) is 2.84. The molecule has 12 heavy (non-hydrogen) atoms. The highest BCUT2D eigenvalue weighted by molar-refractivity contribution is 5.63. The van der Waals surface area contributed by atoms with Gasteiger partial charge in [-0.05, 0) is 38.8 Å². The third-order valence-corrected chi connectivity index (χ3v) is 1.41. The molecule has 1 aromatic rings. The molecule has 1 heterocycles. The molecule has 1 aromatic heterocycles. The van der Waals surface area contributed by atoms with Crippen molar-refractivity contribution in [1.82, 2.24) is 4.98 Å². The third-order valence-electron chi connectivity index (χ3n) is 1.41. The van der Waals surface area contributed by atoms with Gasteiger partial charge in [-0.3, -0.25) is 9.98 Å². The van der Waals surface area contributed by atoms with Crippen molar-refractivity contribution in [3.8, 4) is 0 Å². The van der Waals surface area contributed by atoms with Gasteiger partial charge in [-0.1, -0.05) is 5.57 Å². The fourth-order valence-corrected chi connectivity index (χ4v) is 0.927. The average Bonchev–Trinajstić information content (AvgIpc) is 2.04. The first-order valence-corrected chi connectivity index (χ1v) is 3.80. The number of nitrogens with zero attached hydrogens (tertiary/aromatic N) is 2. The van der Waals surface area contributed by atoms with Gasteiger partial charge >= 0.3 is 0 Å². The molecular formula is C10H12N2. The number of allylic oxidation sites excluding steroid dienone is 1. The predicted molar refractivity (Wildman–Crippen MR) is 52.8 cm³/mol. The summed E-state index contributed by atoms with van der Waals surface area (Å²) in [6.45, 7) is 7.54. The van der Waals surface area contributed by atoms with Crippen molar-refractivity contribution in [3.05, 3.63) is 29.6 Å². The quantitative estimate of drug-likeness (QED) is 0.611. The first kappa shape index (κ1) is 8.65. The van der Waals surface area contributed by atoms with E-state index in [0.717, 1.165) is 11.4 Å². The lowest BCUT2D eigenvalue weighted by atomic mass is 10.2. The van der Waals surface area contributed by atoms with Crippen LogP contribution in [0, 0.1) is 0 Å². The average molecular weight is 160 g/mol. The summed E-state index contributed by atoms with van der Waals surface area (Å²) < 4.78 is 0. The van der Waals surface area contributed by atoms with E-state index in [0.29, 0.717) is 0 Å². The highest BCUT2D eigenvalue weighted by Gasteiger charge is 1.95. The molecule has 1 rings (SSSR count). The van der Waals surface area contributed by atoms with Gasteiger partial charge in [-0.25, -0.2) is 0 Å². The van der Waals surface area contributed by atoms with E-state index in [1.807, 2.05) is 32.1 Å². The van der Waals surface area contributed by atoms with Gasteiger partial charge in [0.25, 0.3) is 0 Å². The first-order valence-electron chi connectivity index (χ1n) is 3.80. The van der Waals surface area contributed by atoms with Crippen molar-refractivity contribution < 1.29 is 0 Å². The molecule has 0 aliphatic heterocycles. The lowest BCUT2D eigenvalue weighted by Crippen LogP contribution is -1.80. The maximum absolute atomic E-state index is 4.18. The van der Waals surface area contributed by atoms with Crippen molar-refractivity contribution in [3.63, 3.8) is 0 Å². The van der Waals surface area contributed by atoms with Crippen LogP contribution in [0.25, 0.3) is 6.08 Å². The van der Waals surface area contributed by atoms with Crippen LogP contribution in [0.15, 0.2) is 28.9 Å². The molecule has 62 valence electrons. The molecule has 0 saturated carbocycles. The normalized spacial score (nSPS) is 9.17. The maximum Gasteiger partial charge on any atom is 0.0885 e. The Kier molecular flexibility index (Phi) is 2.75. The summed E-state index contributed by atoms with van der Waals surface area (Å²) in [5.74, 6) is 0. The van der Waals surface area contributed by atoms with E-state index >= 15 is 0 Å². The molecule has 0 amide bonds. The smallest absolute Gasteiger partial charge is 0.0885 e. The number of rotatable bonds is 2. The molecule has 0 aliphatic rings. The lowest BCUT2D eigenvalue weighted by molar-refractivity contribution is 1.26. The summed E-state index contributed by atoms with van der Waals surface area (Å²) in [4.78, 5) is 8.05. The van der Waals surface area contributed by atoms with Crippen molar-refractivity contribution >= 4 is 18.5 Å². The molecule has 0 unspecified atom stereocenters. The van der Waals surface area contributed by atoms with Crippen molar-refractivity contribution in [2.24, 2.45) is 4.99 Å². The number of hydrogen-bond acceptors (Lipinski definition) is 2. The van der Waals surface area contributed by atoms with E-state index in [-0.39, 0.29) is 0 Å². The van der Waals surface area contributed by atoms with Crippen molar-refractivity contribution in [2.45, 2.75) is 13.8 Å². The molecule has 0 bridgehead atoms. The van der Waals surface area contributed by atoms with E-state index in [1.54, 1.807) is 6.20 Å². The van der Waals surface area contributed by atoms with Gasteiger partial charge < -0.3 is 0 Å². The van der Waals surface area contributed by atoms with Crippen LogP contribution >= 0.6 is 0 Å². The van der Waals surface area contributed by atoms with E-state index < -0.39 is 0 Å². The summed E-state index contributed by atoms with van der Waals surface area (Å²) in [5.41, 5.74) is 2.92. The summed E-state index contributed by atoms with van der Waals surface area (Å²) in [6.07, 6.45) is 3.74. The Hall–Kier alpha value is -1.44. The number of aromatic nitrogens is 1. The summed E-state index contributed by atoms with van der Waals surface area (Å²) in [5, 5.41) is 0. The van der Waals surface area contributed by atoms with Gasteiger partial charge in [0.05, 0.1) is 11.4 Å². The SMILES string of the molecule is C=Nc1cccnc1C=C(C)C. The Labute approximate surface area is 72.7 Å². The zero-order valence-corrected chi connectivity index (χ0v) is 7.41. The second-order valence-electron chi connectivity index (χ2n) is 2.79. The standard InChI is InChI=1S/C10H12N2/c1-8(2)7-10-9(11-3)5-4-6-12-10/h4-7H,3H2,1-2H3. The van der Waals surface area contributed by atoms with Gasteiger partial charge in [0.1, 0.15) is 0 Å². The highest BCUT2D eigenvalue weighted by atomic mass is 14.8. The van der Waals surface area contributed by atoms with Crippen LogP contribution in [0.4, 0.5) is 5.69 Å². The Balaban J connectivity index is 3.14. The van der Waals surface area contributed by atoms with Crippen LogP contribution in [0.1, 0.15) is 19.5 Å². The topological polar surface area (TPSA) is 25.2 Å². The minimum atomic E-state index is 0.832. The maximum atomic E-state index is 4.18. The van der Waals surface area contributed by atoms with Crippen molar-refractivity contribution in [2.75, 3.05) is 0 Å². The zero-order chi connectivity index (χ0) is 8.97. The number of aliphatic imine (C=N–C) groups is 1. The van der Waals surface area contributed by atoms with E-state index in [4.69, 9.17) is 0 Å². The zero-order valence-electron chi connectivity index (χ0n) is 7.41. The molecule has 2 nitrogen and oxygen atoms in total. The Bertz CT molecular complexity index is 309. The van der Waals surface area contributed by atoms with Crippen LogP contribution < -0.4 is 0 Å². The van der Waals surface area contributed by atoms with Gasteiger partial charge in [-0.15, -0.1) is 0 Å². The summed E-state index contributed by atoms with van der Waals surface area (Å²) >= 11 is 0. The van der Waals surface area contributed by atoms with Crippen LogP contribution in [0.3, 0.4) is 0 Å².